The summed E-state index contributed by atoms with van der Waals surface area (Å²) in [4.78, 5) is 12.2. The van der Waals surface area contributed by atoms with E-state index in [-0.39, 0.29) is 24.2 Å². The molecule has 2 rings (SSSR count). The second-order valence-electron chi connectivity index (χ2n) is 5.95. The van der Waals surface area contributed by atoms with E-state index in [0.717, 1.165) is 25.2 Å². The lowest BCUT2D eigenvalue weighted by atomic mass is 9.86. The third-order valence-corrected chi connectivity index (χ3v) is 4.01. The lowest BCUT2D eigenvalue weighted by Gasteiger charge is -2.35. The van der Waals surface area contributed by atoms with Crippen molar-refractivity contribution in [3.05, 3.63) is 35.4 Å². The third-order valence-electron chi connectivity index (χ3n) is 4.01. The molecular formula is C15H21ClF2N2O. The lowest BCUT2D eigenvalue weighted by Crippen LogP contribution is -2.52. The van der Waals surface area contributed by atoms with Gasteiger partial charge >= 0.3 is 0 Å². The molecule has 1 aliphatic rings. The lowest BCUT2D eigenvalue weighted by molar-refractivity contribution is -0.128. The van der Waals surface area contributed by atoms with Gasteiger partial charge in [-0.2, -0.15) is 0 Å². The van der Waals surface area contributed by atoms with Crippen molar-refractivity contribution < 1.29 is 13.6 Å². The molecule has 0 bridgehead atoms. The molecule has 2 N–H and O–H groups in total. The quantitative estimate of drug-likeness (QED) is 0.896. The smallest absolute Gasteiger partial charge is 0.223 e. The van der Waals surface area contributed by atoms with Crippen molar-refractivity contribution in [1.29, 1.82) is 0 Å². The molecule has 1 amide bonds. The summed E-state index contributed by atoms with van der Waals surface area (Å²) in [6.45, 7) is 7.15. The van der Waals surface area contributed by atoms with Gasteiger partial charge in [0.05, 0.1) is 5.54 Å². The first-order chi connectivity index (χ1) is 9.31. The molecule has 6 heteroatoms. The van der Waals surface area contributed by atoms with Gasteiger partial charge in [-0.15, -0.1) is 12.4 Å². The van der Waals surface area contributed by atoms with Crippen molar-refractivity contribution in [3.8, 4) is 0 Å². The molecule has 3 nitrogen and oxygen atoms in total. The highest BCUT2D eigenvalue weighted by Gasteiger charge is 2.32. The Kier molecular flexibility index (Phi) is 5.70. The van der Waals surface area contributed by atoms with Gasteiger partial charge in [-0.1, -0.05) is 13.0 Å². The minimum atomic E-state index is -0.902. The molecule has 1 heterocycles. The van der Waals surface area contributed by atoms with Crippen LogP contribution in [0.4, 0.5) is 8.78 Å². The fourth-order valence-corrected chi connectivity index (χ4v) is 2.26. The zero-order chi connectivity index (χ0) is 14.9. The van der Waals surface area contributed by atoms with Gasteiger partial charge in [0.25, 0.3) is 0 Å². The van der Waals surface area contributed by atoms with Crippen LogP contribution < -0.4 is 10.6 Å². The van der Waals surface area contributed by atoms with Gasteiger partial charge in [-0.3, -0.25) is 4.79 Å². The molecule has 0 aromatic heterocycles. The van der Waals surface area contributed by atoms with Crippen LogP contribution in [-0.4, -0.2) is 19.0 Å². The predicted octanol–water partition coefficient (Wildman–Crippen LogP) is 2.59. The molecule has 1 atom stereocenters. The molecule has 0 aliphatic carbocycles. The van der Waals surface area contributed by atoms with Crippen molar-refractivity contribution in [2.24, 2.45) is 11.8 Å². The first kappa shape index (κ1) is 17.9. The number of amides is 1. The summed E-state index contributed by atoms with van der Waals surface area (Å²) in [5.41, 5.74) is -0.194. The number of halogens is 3. The van der Waals surface area contributed by atoms with Gasteiger partial charge in [0, 0.05) is 5.92 Å². The minimum Gasteiger partial charge on any atom is -0.347 e. The van der Waals surface area contributed by atoms with E-state index in [9.17, 15) is 13.6 Å². The van der Waals surface area contributed by atoms with Crippen LogP contribution in [0.25, 0.3) is 0 Å². The van der Waals surface area contributed by atoms with E-state index in [0.29, 0.717) is 11.5 Å². The number of nitrogens with one attached hydrogen (secondary N) is 2. The second kappa shape index (κ2) is 6.71. The summed E-state index contributed by atoms with van der Waals surface area (Å²) in [6.07, 6.45) is 0. The van der Waals surface area contributed by atoms with Crippen LogP contribution in [-0.2, 0) is 10.3 Å². The molecule has 1 unspecified atom stereocenters. The van der Waals surface area contributed by atoms with Gasteiger partial charge in [0.1, 0.15) is 0 Å². The van der Waals surface area contributed by atoms with Crippen LogP contribution in [0.15, 0.2) is 18.2 Å². The largest absolute Gasteiger partial charge is 0.347 e. The zero-order valence-corrected chi connectivity index (χ0v) is 13.2. The highest BCUT2D eigenvalue weighted by molar-refractivity contribution is 5.85. The molecule has 0 radical (unpaired) electrons. The minimum absolute atomic E-state index is 0. The highest BCUT2D eigenvalue weighted by atomic mass is 35.5. The Labute approximate surface area is 129 Å². The molecule has 118 valence electrons. The van der Waals surface area contributed by atoms with Crippen LogP contribution in [0.5, 0.6) is 0 Å². The summed E-state index contributed by atoms with van der Waals surface area (Å²) in [5.74, 6) is -1.60. The van der Waals surface area contributed by atoms with E-state index in [1.165, 1.54) is 6.07 Å². The average molecular weight is 319 g/mol. The summed E-state index contributed by atoms with van der Waals surface area (Å²) in [7, 11) is 0. The molecule has 0 saturated carbocycles. The summed E-state index contributed by atoms with van der Waals surface area (Å²) in [5, 5.41) is 6.05. The number of rotatable bonds is 4. The molecular weight excluding hydrogens is 298 g/mol. The number of hydrogen-bond acceptors (Lipinski definition) is 2. The molecule has 1 aliphatic heterocycles. The van der Waals surface area contributed by atoms with E-state index in [4.69, 9.17) is 0 Å². The van der Waals surface area contributed by atoms with E-state index >= 15 is 0 Å². The first-order valence-corrected chi connectivity index (χ1v) is 6.79. The SMILES string of the molecule is CC(C(=O)NC(C)(C)c1ccc(F)c(F)c1)C1CNC1.Cl. The van der Waals surface area contributed by atoms with Gasteiger partial charge in [0.15, 0.2) is 11.6 Å². The van der Waals surface area contributed by atoms with Crippen molar-refractivity contribution in [2.45, 2.75) is 26.3 Å². The molecule has 1 fully saturated rings. The van der Waals surface area contributed by atoms with E-state index < -0.39 is 17.2 Å². The van der Waals surface area contributed by atoms with Crippen LogP contribution >= 0.6 is 12.4 Å². The standard InChI is InChI=1S/C15H20F2N2O.ClH/c1-9(10-7-18-8-10)14(20)19-15(2,3)11-4-5-12(16)13(17)6-11;/h4-6,9-10,18H,7-8H2,1-3H3,(H,19,20);1H. The van der Waals surface area contributed by atoms with E-state index in [1.807, 2.05) is 6.92 Å². The molecule has 21 heavy (non-hydrogen) atoms. The van der Waals surface area contributed by atoms with Gasteiger partial charge in [-0.05, 0) is 50.6 Å². The Bertz CT molecular complexity index is 518. The predicted molar refractivity (Wildman–Crippen MR) is 80.3 cm³/mol. The second-order valence-corrected chi connectivity index (χ2v) is 5.95. The van der Waals surface area contributed by atoms with Gasteiger partial charge < -0.3 is 10.6 Å². The van der Waals surface area contributed by atoms with Crippen LogP contribution in [0.3, 0.4) is 0 Å². The molecule has 0 spiro atoms. The Morgan fingerprint density at radius 1 is 1.33 bits per heavy atom. The highest BCUT2D eigenvalue weighted by Crippen LogP contribution is 2.24. The fourth-order valence-electron chi connectivity index (χ4n) is 2.26. The topological polar surface area (TPSA) is 41.1 Å². The van der Waals surface area contributed by atoms with Gasteiger partial charge in [0.2, 0.25) is 5.91 Å². The maximum Gasteiger partial charge on any atom is 0.223 e. The normalized spacial score (nSPS) is 16.6. The van der Waals surface area contributed by atoms with Crippen molar-refractivity contribution in [3.63, 3.8) is 0 Å². The fraction of sp³-hybridized carbons (Fsp3) is 0.533. The summed E-state index contributed by atoms with van der Waals surface area (Å²) >= 11 is 0. The molecule has 1 aromatic rings. The Morgan fingerprint density at radius 2 is 1.95 bits per heavy atom. The Morgan fingerprint density at radius 3 is 2.43 bits per heavy atom. The maximum atomic E-state index is 13.3. The number of benzene rings is 1. The van der Waals surface area contributed by atoms with Crippen molar-refractivity contribution in [2.75, 3.05) is 13.1 Å². The zero-order valence-electron chi connectivity index (χ0n) is 12.4. The Balaban J connectivity index is 0.00000220. The summed E-state index contributed by atoms with van der Waals surface area (Å²) in [6, 6.07) is 3.71. The monoisotopic (exact) mass is 318 g/mol. The summed E-state index contributed by atoms with van der Waals surface area (Å²) < 4.78 is 26.3. The molecule has 1 aromatic carbocycles. The maximum absolute atomic E-state index is 13.3. The van der Waals surface area contributed by atoms with Crippen LogP contribution in [0.1, 0.15) is 26.3 Å². The number of carbonyl (C=O) groups is 1. The number of carbonyl (C=O) groups excluding carboxylic acids is 1. The Hall–Kier alpha value is -1.20. The van der Waals surface area contributed by atoms with E-state index in [1.54, 1.807) is 13.8 Å². The molecule has 1 saturated heterocycles. The van der Waals surface area contributed by atoms with Crippen LogP contribution in [0, 0.1) is 23.5 Å². The van der Waals surface area contributed by atoms with Gasteiger partial charge in [-0.25, -0.2) is 8.78 Å². The number of hydrogen-bond donors (Lipinski definition) is 2. The average Bonchev–Trinajstić information content (AvgIpc) is 2.29. The van der Waals surface area contributed by atoms with Crippen molar-refractivity contribution in [1.82, 2.24) is 10.6 Å². The van der Waals surface area contributed by atoms with Crippen LogP contribution in [0.2, 0.25) is 0 Å². The van der Waals surface area contributed by atoms with E-state index in [2.05, 4.69) is 10.6 Å². The third kappa shape index (κ3) is 3.92. The first-order valence-electron chi connectivity index (χ1n) is 6.79. The van der Waals surface area contributed by atoms with Crippen molar-refractivity contribution >= 4 is 18.3 Å².